The summed E-state index contributed by atoms with van der Waals surface area (Å²) in [5, 5.41) is 16.8. The summed E-state index contributed by atoms with van der Waals surface area (Å²) in [6.45, 7) is 1.58. The van der Waals surface area contributed by atoms with Crippen LogP contribution in [0.25, 0.3) is 11.3 Å². The first-order valence-electron chi connectivity index (χ1n) is 7.33. The van der Waals surface area contributed by atoms with E-state index in [1.54, 1.807) is 42.6 Å². The molecule has 0 aliphatic carbocycles. The molecule has 0 unspecified atom stereocenters. The van der Waals surface area contributed by atoms with Crippen molar-refractivity contribution in [3.05, 3.63) is 73.1 Å². The van der Waals surface area contributed by atoms with Crippen LogP contribution in [-0.2, 0) is 0 Å². The molecule has 0 spiro atoms. The SMILES string of the molecule is Cc1cccc(C(=O)Nc2nc(-c3cc(Cl)ccc3Cl)cs2)c1[N+](=O)[O-]. The molecule has 6 nitrogen and oxygen atoms in total. The van der Waals surface area contributed by atoms with Gasteiger partial charge in [-0.1, -0.05) is 35.3 Å². The number of amides is 1. The molecule has 0 saturated carbocycles. The van der Waals surface area contributed by atoms with Gasteiger partial charge in [0.05, 0.1) is 15.6 Å². The number of nitro groups is 1. The first kappa shape index (κ1) is 18.3. The highest BCUT2D eigenvalue weighted by Crippen LogP contribution is 2.33. The van der Waals surface area contributed by atoms with Gasteiger partial charge in [0.25, 0.3) is 11.6 Å². The lowest BCUT2D eigenvalue weighted by Gasteiger charge is -2.05. The number of nitrogens with zero attached hydrogens (tertiary/aromatic N) is 2. The van der Waals surface area contributed by atoms with E-state index in [0.29, 0.717) is 32.0 Å². The Kier molecular flexibility index (Phi) is 5.22. The summed E-state index contributed by atoms with van der Waals surface area (Å²) in [5.74, 6) is -0.599. The smallest absolute Gasteiger partial charge is 0.285 e. The summed E-state index contributed by atoms with van der Waals surface area (Å²) < 4.78 is 0. The van der Waals surface area contributed by atoms with Crippen molar-refractivity contribution in [3.8, 4) is 11.3 Å². The van der Waals surface area contributed by atoms with Crippen LogP contribution in [0.1, 0.15) is 15.9 Å². The fraction of sp³-hybridized carbons (Fsp3) is 0.0588. The molecule has 0 radical (unpaired) electrons. The number of thiazole rings is 1. The number of carbonyl (C=O) groups excluding carboxylic acids is 1. The molecule has 0 atom stereocenters. The molecule has 9 heteroatoms. The molecule has 1 aromatic heterocycles. The van der Waals surface area contributed by atoms with E-state index in [1.165, 1.54) is 17.4 Å². The van der Waals surface area contributed by atoms with Gasteiger partial charge in [0.15, 0.2) is 5.13 Å². The molecule has 3 aromatic rings. The van der Waals surface area contributed by atoms with Crippen molar-refractivity contribution in [2.24, 2.45) is 0 Å². The number of para-hydroxylation sites is 1. The average Bonchev–Trinajstić information content (AvgIpc) is 3.04. The van der Waals surface area contributed by atoms with Crippen LogP contribution in [0.5, 0.6) is 0 Å². The Morgan fingerprint density at radius 1 is 1.27 bits per heavy atom. The van der Waals surface area contributed by atoms with Crippen LogP contribution in [0.3, 0.4) is 0 Å². The van der Waals surface area contributed by atoms with E-state index in [9.17, 15) is 14.9 Å². The van der Waals surface area contributed by atoms with Gasteiger partial charge < -0.3 is 0 Å². The number of anilines is 1. The molecule has 0 fully saturated rings. The fourth-order valence-corrected chi connectivity index (χ4v) is 3.49. The van der Waals surface area contributed by atoms with Crippen molar-refractivity contribution in [1.29, 1.82) is 0 Å². The molecule has 0 aliphatic heterocycles. The van der Waals surface area contributed by atoms with Crippen LogP contribution in [0.2, 0.25) is 10.0 Å². The minimum atomic E-state index is -0.599. The molecule has 2 aromatic carbocycles. The Bertz CT molecular complexity index is 1020. The van der Waals surface area contributed by atoms with Gasteiger partial charge in [-0.25, -0.2) is 4.98 Å². The molecular formula is C17H11Cl2N3O3S. The van der Waals surface area contributed by atoms with Gasteiger partial charge in [-0.05, 0) is 31.2 Å². The second-order valence-electron chi connectivity index (χ2n) is 5.34. The minimum absolute atomic E-state index is 0.0208. The minimum Gasteiger partial charge on any atom is -0.298 e. The highest BCUT2D eigenvalue weighted by Gasteiger charge is 2.23. The standard InChI is InChI=1S/C17H11Cl2N3O3S/c1-9-3-2-4-11(15(9)22(24)25)16(23)21-17-20-14(8-26-17)12-7-10(18)5-6-13(12)19/h2-8H,1H3,(H,20,21,23). The highest BCUT2D eigenvalue weighted by atomic mass is 35.5. The zero-order valence-electron chi connectivity index (χ0n) is 13.3. The molecule has 0 bridgehead atoms. The molecule has 1 N–H and O–H groups in total. The van der Waals surface area contributed by atoms with Crippen molar-refractivity contribution in [3.63, 3.8) is 0 Å². The van der Waals surface area contributed by atoms with Crippen LogP contribution < -0.4 is 5.32 Å². The maximum Gasteiger partial charge on any atom is 0.285 e. The van der Waals surface area contributed by atoms with E-state index >= 15 is 0 Å². The van der Waals surface area contributed by atoms with Crippen molar-refractivity contribution < 1.29 is 9.72 Å². The predicted octanol–water partition coefficient (Wildman–Crippen LogP) is 5.59. The fourth-order valence-electron chi connectivity index (χ4n) is 2.40. The number of hydrogen-bond acceptors (Lipinski definition) is 5. The Morgan fingerprint density at radius 3 is 2.77 bits per heavy atom. The molecule has 0 saturated heterocycles. The lowest BCUT2D eigenvalue weighted by molar-refractivity contribution is -0.385. The maximum atomic E-state index is 12.5. The molecule has 132 valence electrons. The number of aromatic nitrogens is 1. The van der Waals surface area contributed by atoms with Crippen LogP contribution in [-0.4, -0.2) is 15.8 Å². The Labute approximate surface area is 162 Å². The third-order valence-electron chi connectivity index (χ3n) is 3.59. The number of nitrogens with one attached hydrogen (secondary N) is 1. The van der Waals surface area contributed by atoms with Gasteiger partial charge in [-0.3, -0.25) is 20.2 Å². The van der Waals surface area contributed by atoms with Gasteiger partial charge in [0, 0.05) is 21.5 Å². The Hall–Kier alpha value is -2.48. The Morgan fingerprint density at radius 2 is 2.04 bits per heavy atom. The number of benzene rings is 2. The van der Waals surface area contributed by atoms with Gasteiger partial charge in [0.2, 0.25) is 0 Å². The topological polar surface area (TPSA) is 85.1 Å². The quantitative estimate of drug-likeness (QED) is 0.451. The number of halogens is 2. The van der Waals surface area contributed by atoms with E-state index in [-0.39, 0.29) is 11.3 Å². The van der Waals surface area contributed by atoms with E-state index < -0.39 is 10.8 Å². The number of carbonyl (C=O) groups is 1. The van der Waals surface area contributed by atoms with Crippen LogP contribution in [0.4, 0.5) is 10.8 Å². The van der Waals surface area contributed by atoms with E-state index in [4.69, 9.17) is 23.2 Å². The van der Waals surface area contributed by atoms with Crippen LogP contribution >= 0.6 is 34.5 Å². The molecule has 1 amide bonds. The molecular weight excluding hydrogens is 397 g/mol. The van der Waals surface area contributed by atoms with Crippen molar-refractivity contribution >= 4 is 51.3 Å². The molecule has 26 heavy (non-hydrogen) atoms. The van der Waals surface area contributed by atoms with Crippen LogP contribution in [0.15, 0.2) is 41.8 Å². The molecule has 3 rings (SSSR count). The van der Waals surface area contributed by atoms with E-state index in [0.717, 1.165) is 0 Å². The van der Waals surface area contributed by atoms with Gasteiger partial charge in [0.1, 0.15) is 5.56 Å². The van der Waals surface area contributed by atoms with Gasteiger partial charge in [-0.2, -0.15) is 0 Å². The van der Waals surface area contributed by atoms with Gasteiger partial charge >= 0.3 is 0 Å². The van der Waals surface area contributed by atoms with Crippen molar-refractivity contribution in [2.75, 3.05) is 5.32 Å². The third-order valence-corrected chi connectivity index (χ3v) is 4.92. The van der Waals surface area contributed by atoms with E-state index in [2.05, 4.69) is 10.3 Å². The first-order chi connectivity index (χ1) is 12.4. The lowest BCUT2D eigenvalue weighted by atomic mass is 10.1. The zero-order valence-corrected chi connectivity index (χ0v) is 15.7. The summed E-state index contributed by atoms with van der Waals surface area (Å²) >= 11 is 13.3. The summed E-state index contributed by atoms with van der Waals surface area (Å²) in [4.78, 5) is 27.5. The lowest BCUT2D eigenvalue weighted by Crippen LogP contribution is -2.14. The summed E-state index contributed by atoms with van der Waals surface area (Å²) in [5.41, 5.74) is 1.36. The monoisotopic (exact) mass is 407 g/mol. The third kappa shape index (κ3) is 3.70. The maximum absolute atomic E-state index is 12.5. The number of aryl methyl sites for hydroxylation is 1. The van der Waals surface area contributed by atoms with Crippen molar-refractivity contribution in [1.82, 2.24) is 4.98 Å². The largest absolute Gasteiger partial charge is 0.298 e. The van der Waals surface area contributed by atoms with Crippen LogP contribution in [0, 0.1) is 17.0 Å². The summed E-state index contributed by atoms with van der Waals surface area (Å²) in [6, 6.07) is 9.58. The average molecular weight is 408 g/mol. The first-order valence-corrected chi connectivity index (χ1v) is 8.96. The highest BCUT2D eigenvalue weighted by molar-refractivity contribution is 7.14. The predicted molar refractivity (Wildman–Crippen MR) is 103 cm³/mol. The second-order valence-corrected chi connectivity index (χ2v) is 7.05. The molecule has 0 aliphatic rings. The van der Waals surface area contributed by atoms with E-state index in [1.807, 2.05) is 0 Å². The molecule has 1 heterocycles. The normalized spacial score (nSPS) is 10.6. The number of rotatable bonds is 4. The van der Waals surface area contributed by atoms with Gasteiger partial charge in [-0.15, -0.1) is 11.3 Å². The number of nitro benzene ring substituents is 1. The second kappa shape index (κ2) is 7.41. The van der Waals surface area contributed by atoms with Crippen molar-refractivity contribution in [2.45, 2.75) is 6.92 Å². The number of hydrogen-bond donors (Lipinski definition) is 1. The Balaban J connectivity index is 1.89. The summed E-state index contributed by atoms with van der Waals surface area (Å²) in [7, 11) is 0. The summed E-state index contributed by atoms with van der Waals surface area (Å²) in [6.07, 6.45) is 0. The zero-order chi connectivity index (χ0) is 18.8.